The van der Waals surface area contributed by atoms with Crippen molar-refractivity contribution in [2.45, 2.75) is 13.5 Å². The van der Waals surface area contributed by atoms with Gasteiger partial charge in [-0.3, -0.25) is 9.59 Å². The minimum atomic E-state index is -1.13. The number of carboxylic acid groups (broad SMARTS) is 1. The normalized spacial score (nSPS) is 12.1. The first kappa shape index (κ1) is 12.0. The zero-order chi connectivity index (χ0) is 11.4. The van der Waals surface area contributed by atoms with Crippen LogP contribution in [0.3, 0.4) is 0 Å². The number of carbonyl (C=O) groups is 2. The number of thiophene rings is 1. The summed E-state index contributed by atoms with van der Waals surface area (Å²) in [5.74, 6) is -2.65. The van der Waals surface area contributed by atoms with Crippen LogP contribution in [0.2, 0.25) is 4.34 Å². The Bertz CT molecular complexity index is 377. The summed E-state index contributed by atoms with van der Waals surface area (Å²) in [6.45, 7) is 1.66. The SMILES string of the molecule is CC(C(=O)O)C(=O)NCc1ccc(Cl)s1. The summed E-state index contributed by atoms with van der Waals surface area (Å²) in [5.41, 5.74) is 0. The summed E-state index contributed by atoms with van der Waals surface area (Å²) < 4.78 is 0.644. The monoisotopic (exact) mass is 247 g/mol. The van der Waals surface area contributed by atoms with Gasteiger partial charge in [0.25, 0.3) is 0 Å². The molecule has 82 valence electrons. The predicted molar refractivity (Wildman–Crippen MR) is 58.0 cm³/mol. The van der Waals surface area contributed by atoms with Crippen LogP contribution in [-0.2, 0) is 16.1 Å². The fourth-order valence-electron chi connectivity index (χ4n) is 0.886. The lowest BCUT2D eigenvalue weighted by atomic mass is 10.2. The first-order chi connectivity index (χ1) is 7.00. The molecule has 1 aromatic heterocycles. The zero-order valence-electron chi connectivity index (χ0n) is 7.99. The summed E-state index contributed by atoms with van der Waals surface area (Å²) in [6, 6.07) is 3.52. The Balaban J connectivity index is 2.44. The van der Waals surface area contributed by atoms with Gasteiger partial charge < -0.3 is 10.4 Å². The van der Waals surface area contributed by atoms with E-state index >= 15 is 0 Å². The number of amides is 1. The molecule has 0 aliphatic heterocycles. The van der Waals surface area contributed by atoms with Crippen molar-refractivity contribution >= 4 is 34.8 Å². The van der Waals surface area contributed by atoms with Crippen LogP contribution < -0.4 is 5.32 Å². The van der Waals surface area contributed by atoms with Crippen molar-refractivity contribution in [1.29, 1.82) is 0 Å². The first-order valence-corrected chi connectivity index (χ1v) is 5.45. The van der Waals surface area contributed by atoms with Gasteiger partial charge in [0.1, 0.15) is 5.92 Å². The number of carbonyl (C=O) groups excluding carboxylic acids is 1. The molecule has 2 N–H and O–H groups in total. The Labute approximate surface area is 95.9 Å². The number of hydrogen-bond donors (Lipinski definition) is 2. The number of aliphatic carboxylic acids is 1. The Kier molecular flexibility index (Phi) is 4.11. The van der Waals surface area contributed by atoms with Crippen molar-refractivity contribution in [1.82, 2.24) is 5.32 Å². The molecule has 0 aromatic carbocycles. The van der Waals surface area contributed by atoms with E-state index < -0.39 is 17.8 Å². The van der Waals surface area contributed by atoms with Crippen LogP contribution in [0.5, 0.6) is 0 Å². The molecule has 1 heterocycles. The lowest BCUT2D eigenvalue weighted by Crippen LogP contribution is -2.32. The van der Waals surface area contributed by atoms with E-state index in [1.807, 2.05) is 0 Å². The third kappa shape index (κ3) is 3.53. The van der Waals surface area contributed by atoms with E-state index in [4.69, 9.17) is 16.7 Å². The van der Waals surface area contributed by atoms with Gasteiger partial charge in [0, 0.05) is 4.88 Å². The molecule has 0 aliphatic rings. The molecule has 15 heavy (non-hydrogen) atoms. The lowest BCUT2D eigenvalue weighted by molar-refractivity contribution is -0.146. The highest BCUT2D eigenvalue weighted by atomic mass is 35.5. The quantitative estimate of drug-likeness (QED) is 0.797. The van der Waals surface area contributed by atoms with Gasteiger partial charge >= 0.3 is 5.97 Å². The van der Waals surface area contributed by atoms with Gasteiger partial charge in [-0.2, -0.15) is 0 Å². The van der Waals surface area contributed by atoms with Gasteiger partial charge in [0.15, 0.2) is 0 Å². The second-order valence-corrected chi connectivity index (χ2v) is 4.78. The number of nitrogens with one attached hydrogen (secondary N) is 1. The highest BCUT2D eigenvalue weighted by molar-refractivity contribution is 7.16. The molecule has 1 atom stereocenters. The maximum absolute atomic E-state index is 11.2. The molecule has 0 fully saturated rings. The van der Waals surface area contributed by atoms with E-state index in [-0.39, 0.29) is 0 Å². The summed E-state index contributed by atoms with van der Waals surface area (Å²) in [5, 5.41) is 11.1. The summed E-state index contributed by atoms with van der Waals surface area (Å²) in [4.78, 5) is 22.6. The molecule has 1 amide bonds. The van der Waals surface area contributed by atoms with Gasteiger partial charge in [0.05, 0.1) is 10.9 Å². The second-order valence-electron chi connectivity index (χ2n) is 2.98. The molecule has 6 heteroatoms. The molecule has 0 saturated heterocycles. The maximum atomic E-state index is 11.2. The third-order valence-electron chi connectivity index (χ3n) is 1.83. The Morgan fingerprint density at radius 1 is 1.60 bits per heavy atom. The van der Waals surface area contributed by atoms with Crippen molar-refractivity contribution in [3.8, 4) is 0 Å². The topological polar surface area (TPSA) is 66.4 Å². The molecule has 1 rings (SSSR count). The predicted octanol–water partition coefficient (Wildman–Crippen LogP) is 1.74. The molecule has 0 radical (unpaired) electrons. The van der Waals surface area contributed by atoms with E-state index in [0.717, 1.165) is 4.88 Å². The third-order valence-corrected chi connectivity index (χ3v) is 3.06. The molecular weight excluding hydrogens is 238 g/mol. The molecule has 0 spiro atoms. The van der Waals surface area contributed by atoms with E-state index in [2.05, 4.69) is 5.32 Å². The van der Waals surface area contributed by atoms with Crippen molar-refractivity contribution in [2.24, 2.45) is 5.92 Å². The van der Waals surface area contributed by atoms with E-state index in [9.17, 15) is 9.59 Å². The summed E-state index contributed by atoms with van der Waals surface area (Å²) in [6.07, 6.45) is 0. The molecule has 0 bridgehead atoms. The van der Waals surface area contributed by atoms with Crippen LogP contribution in [0, 0.1) is 5.92 Å². The molecule has 0 saturated carbocycles. The van der Waals surface area contributed by atoms with Crippen molar-refractivity contribution in [2.75, 3.05) is 0 Å². The molecule has 4 nitrogen and oxygen atoms in total. The van der Waals surface area contributed by atoms with Crippen molar-refractivity contribution < 1.29 is 14.7 Å². The van der Waals surface area contributed by atoms with Crippen LogP contribution in [0.15, 0.2) is 12.1 Å². The van der Waals surface area contributed by atoms with Gasteiger partial charge in [-0.1, -0.05) is 11.6 Å². The van der Waals surface area contributed by atoms with Gasteiger partial charge in [-0.05, 0) is 19.1 Å². The number of rotatable bonds is 4. The lowest BCUT2D eigenvalue weighted by Gasteiger charge is -2.06. The molecule has 0 aliphatic carbocycles. The highest BCUT2D eigenvalue weighted by Gasteiger charge is 2.19. The van der Waals surface area contributed by atoms with Crippen LogP contribution in [0.25, 0.3) is 0 Å². The van der Waals surface area contributed by atoms with Crippen LogP contribution in [0.4, 0.5) is 0 Å². The Morgan fingerprint density at radius 3 is 2.73 bits per heavy atom. The maximum Gasteiger partial charge on any atom is 0.315 e. The van der Waals surface area contributed by atoms with Gasteiger partial charge in [-0.25, -0.2) is 0 Å². The second kappa shape index (κ2) is 5.14. The molecule has 1 aromatic rings. The largest absolute Gasteiger partial charge is 0.481 e. The minimum Gasteiger partial charge on any atom is -0.481 e. The minimum absolute atomic E-state index is 0.313. The van der Waals surface area contributed by atoms with E-state index in [1.54, 1.807) is 12.1 Å². The van der Waals surface area contributed by atoms with Crippen LogP contribution >= 0.6 is 22.9 Å². The van der Waals surface area contributed by atoms with Gasteiger partial charge in [-0.15, -0.1) is 11.3 Å². The Hall–Kier alpha value is -1.07. The average Bonchev–Trinajstić information content (AvgIpc) is 2.59. The zero-order valence-corrected chi connectivity index (χ0v) is 9.56. The van der Waals surface area contributed by atoms with Crippen LogP contribution in [0.1, 0.15) is 11.8 Å². The highest BCUT2D eigenvalue weighted by Crippen LogP contribution is 2.21. The Morgan fingerprint density at radius 2 is 2.27 bits per heavy atom. The van der Waals surface area contributed by atoms with Crippen molar-refractivity contribution in [3.05, 3.63) is 21.3 Å². The number of carboxylic acids is 1. The van der Waals surface area contributed by atoms with E-state index in [0.29, 0.717) is 10.9 Å². The number of halogens is 1. The summed E-state index contributed by atoms with van der Waals surface area (Å²) >= 11 is 7.05. The molecule has 1 unspecified atom stereocenters. The fraction of sp³-hybridized carbons (Fsp3) is 0.333. The van der Waals surface area contributed by atoms with E-state index in [1.165, 1.54) is 18.3 Å². The molecular formula is C9H10ClNO3S. The average molecular weight is 248 g/mol. The fourth-order valence-corrected chi connectivity index (χ4v) is 1.91. The summed E-state index contributed by atoms with van der Waals surface area (Å²) in [7, 11) is 0. The number of hydrogen-bond acceptors (Lipinski definition) is 3. The van der Waals surface area contributed by atoms with Crippen LogP contribution in [-0.4, -0.2) is 17.0 Å². The van der Waals surface area contributed by atoms with Crippen molar-refractivity contribution in [3.63, 3.8) is 0 Å². The first-order valence-electron chi connectivity index (χ1n) is 4.25. The smallest absolute Gasteiger partial charge is 0.315 e. The van der Waals surface area contributed by atoms with Gasteiger partial charge in [0.2, 0.25) is 5.91 Å². The standard InChI is InChI=1S/C9H10ClNO3S/c1-5(9(13)14)8(12)11-4-6-2-3-7(10)15-6/h2-3,5H,4H2,1H3,(H,11,12)(H,13,14).